The second-order valence-corrected chi connectivity index (χ2v) is 4.79. The molecule has 0 spiro atoms. The summed E-state index contributed by atoms with van der Waals surface area (Å²) in [6.07, 6.45) is 7.31. The lowest BCUT2D eigenvalue weighted by Gasteiger charge is -2.28. The van der Waals surface area contributed by atoms with Crippen molar-refractivity contribution in [3.63, 3.8) is 0 Å². The fraction of sp³-hybridized carbons (Fsp3) is 0.571. The van der Waals surface area contributed by atoms with Gasteiger partial charge in [-0.15, -0.1) is 0 Å². The Labute approximate surface area is 102 Å². The van der Waals surface area contributed by atoms with Crippen LogP contribution in [0.5, 0.6) is 0 Å². The van der Waals surface area contributed by atoms with Crippen LogP contribution in [-0.4, -0.2) is 17.1 Å². The van der Waals surface area contributed by atoms with Gasteiger partial charge in [-0.2, -0.15) is 0 Å². The van der Waals surface area contributed by atoms with Gasteiger partial charge in [0.2, 0.25) is 0 Å². The van der Waals surface area contributed by atoms with Gasteiger partial charge in [0, 0.05) is 18.8 Å². The third-order valence-electron chi connectivity index (χ3n) is 3.29. The summed E-state index contributed by atoms with van der Waals surface area (Å²) in [5.41, 5.74) is 1.14. The predicted octanol–water partition coefficient (Wildman–Crippen LogP) is 2.75. The number of carbonyl (C=O) groups excluding carboxylic acids is 1. The van der Waals surface area contributed by atoms with E-state index in [0.717, 1.165) is 31.4 Å². The Balaban J connectivity index is 1.87. The first-order valence-corrected chi connectivity index (χ1v) is 6.31. The molecule has 0 aromatic carbocycles. The molecule has 0 bridgehead atoms. The zero-order valence-corrected chi connectivity index (χ0v) is 10.3. The fourth-order valence-corrected chi connectivity index (χ4v) is 2.58. The van der Waals surface area contributed by atoms with Crippen LogP contribution in [0.1, 0.15) is 38.3 Å². The van der Waals surface area contributed by atoms with Crippen LogP contribution in [0, 0.1) is 5.92 Å². The highest BCUT2D eigenvalue weighted by Crippen LogP contribution is 2.28. The first kappa shape index (κ1) is 12.1. The molecule has 1 aromatic heterocycles. The molecule has 1 saturated carbocycles. The van der Waals surface area contributed by atoms with Gasteiger partial charge in [-0.25, -0.2) is 0 Å². The van der Waals surface area contributed by atoms with Crippen molar-refractivity contribution in [1.82, 2.24) is 4.98 Å². The van der Waals surface area contributed by atoms with Crippen LogP contribution >= 0.6 is 0 Å². The molecule has 3 nitrogen and oxygen atoms in total. The van der Waals surface area contributed by atoms with Gasteiger partial charge in [-0.05, 0) is 50.2 Å². The Morgan fingerprint density at radius 2 is 2.35 bits per heavy atom. The van der Waals surface area contributed by atoms with Crippen LogP contribution < -0.4 is 0 Å². The first-order chi connectivity index (χ1) is 8.24. The molecule has 92 valence electrons. The van der Waals surface area contributed by atoms with Gasteiger partial charge >= 0.3 is 5.97 Å². The average Bonchev–Trinajstić information content (AvgIpc) is 2.30. The normalized spacial score (nSPS) is 24.3. The highest BCUT2D eigenvalue weighted by molar-refractivity contribution is 5.66. The van der Waals surface area contributed by atoms with Crippen LogP contribution in [0.15, 0.2) is 24.4 Å². The fourth-order valence-electron chi connectivity index (χ4n) is 2.58. The molecule has 1 fully saturated rings. The number of aromatic nitrogens is 1. The van der Waals surface area contributed by atoms with Gasteiger partial charge in [0.1, 0.15) is 6.10 Å². The first-order valence-electron chi connectivity index (χ1n) is 6.31. The molecule has 0 aliphatic heterocycles. The second kappa shape index (κ2) is 5.80. The van der Waals surface area contributed by atoms with E-state index in [0.29, 0.717) is 5.92 Å². The minimum Gasteiger partial charge on any atom is -0.463 e. The van der Waals surface area contributed by atoms with E-state index in [4.69, 9.17) is 4.74 Å². The molecule has 1 heterocycles. The molecular formula is C14H19NO2. The Hall–Kier alpha value is -1.38. The van der Waals surface area contributed by atoms with E-state index < -0.39 is 0 Å². The van der Waals surface area contributed by atoms with Gasteiger partial charge in [-0.3, -0.25) is 9.78 Å². The Bertz CT molecular complexity index is 364. The largest absolute Gasteiger partial charge is 0.463 e. The molecule has 0 saturated heterocycles. The smallest absolute Gasteiger partial charge is 0.302 e. The number of hydrogen-bond donors (Lipinski definition) is 0. The van der Waals surface area contributed by atoms with E-state index in [2.05, 4.69) is 11.1 Å². The van der Waals surface area contributed by atoms with E-state index in [9.17, 15) is 4.79 Å². The van der Waals surface area contributed by atoms with Crippen LogP contribution in [-0.2, 0) is 16.0 Å². The van der Waals surface area contributed by atoms with Crippen molar-refractivity contribution in [2.75, 3.05) is 0 Å². The number of rotatable bonds is 3. The molecule has 1 aliphatic carbocycles. The van der Waals surface area contributed by atoms with Crippen molar-refractivity contribution in [3.8, 4) is 0 Å². The predicted molar refractivity (Wildman–Crippen MR) is 65.5 cm³/mol. The average molecular weight is 233 g/mol. The van der Waals surface area contributed by atoms with E-state index in [-0.39, 0.29) is 12.1 Å². The highest BCUT2D eigenvalue weighted by atomic mass is 16.5. The molecule has 2 unspecified atom stereocenters. The van der Waals surface area contributed by atoms with Crippen molar-refractivity contribution in [2.24, 2.45) is 5.92 Å². The molecule has 1 aromatic rings. The summed E-state index contributed by atoms with van der Waals surface area (Å²) in [6.45, 7) is 1.49. The molecule has 0 N–H and O–H groups in total. The van der Waals surface area contributed by atoms with Crippen LogP contribution in [0.4, 0.5) is 0 Å². The number of ether oxygens (including phenoxy) is 1. The summed E-state index contributed by atoms with van der Waals surface area (Å²) in [6, 6.07) is 6.02. The van der Waals surface area contributed by atoms with Crippen molar-refractivity contribution in [3.05, 3.63) is 30.1 Å². The van der Waals surface area contributed by atoms with Gasteiger partial charge in [-0.1, -0.05) is 6.07 Å². The summed E-state index contributed by atoms with van der Waals surface area (Å²) in [7, 11) is 0. The highest BCUT2D eigenvalue weighted by Gasteiger charge is 2.24. The van der Waals surface area contributed by atoms with E-state index >= 15 is 0 Å². The van der Waals surface area contributed by atoms with E-state index in [1.807, 2.05) is 18.3 Å². The lowest BCUT2D eigenvalue weighted by Crippen LogP contribution is -2.25. The van der Waals surface area contributed by atoms with E-state index in [1.165, 1.54) is 13.3 Å². The second-order valence-electron chi connectivity index (χ2n) is 4.79. The summed E-state index contributed by atoms with van der Waals surface area (Å²) >= 11 is 0. The van der Waals surface area contributed by atoms with Crippen LogP contribution in [0.2, 0.25) is 0 Å². The monoisotopic (exact) mass is 233 g/mol. The maximum atomic E-state index is 10.9. The Morgan fingerprint density at radius 3 is 3.06 bits per heavy atom. The Morgan fingerprint density at radius 1 is 1.47 bits per heavy atom. The summed E-state index contributed by atoms with van der Waals surface area (Å²) < 4.78 is 5.30. The summed E-state index contributed by atoms with van der Waals surface area (Å²) in [5, 5.41) is 0. The lowest BCUT2D eigenvalue weighted by atomic mass is 9.84. The maximum absolute atomic E-state index is 10.9. The minimum atomic E-state index is -0.159. The third-order valence-corrected chi connectivity index (χ3v) is 3.29. The van der Waals surface area contributed by atoms with Crippen molar-refractivity contribution in [2.45, 2.75) is 45.1 Å². The molecule has 2 atom stereocenters. The van der Waals surface area contributed by atoms with Gasteiger partial charge in [0.05, 0.1) is 0 Å². The van der Waals surface area contributed by atoms with Crippen LogP contribution in [0.25, 0.3) is 0 Å². The molecule has 17 heavy (non-hydrogen) atoms. The molecule has 0 radical (unpaired) electrons. The van der Waals surface area contributed by atoms with Gasteiger partial charge < -0.3 is 4.74 Å². The molecule has 3 heteroatoms. The van der Waals surface area contributed by atoms with Crippen LogP contribution in [0.3, 0.4) is 0 Å². The topological polar surface area (TPSA) is 39.2 Å². The van der Waals surface area contributed by atoms with E-state index in [1.54, 1.807) is 0 Å². The summed E-state index contributed by atoms with van der Waals surface area (Å²) in [4.78, 5) is 15.3. The third kappa shape index (κ3) is 3.84. The lowest BCUT2D eigenvalue weighted by molar-refractivity contribution is -0.148. The van der Waals surface area contributed by atoms with Crippen molar-refractivity contribution < 1.29 is 9.53 Å². The number of nitrogens with zero attached hydrogens (tertiary/aromatic N) is 1. The zero-order valence-electron chi connectivity index (χ0n) is 10.3. The number of carbonyl (C=O) groups is 1. The molecule has 2 rings (SSSR count). The van der Waals surface area contributed by atoms with Gasteiger partial charge in [0.15, 0.2) is 0 Å². The number of pyridine rings is 1. The minimum absolute atomic E-state index is 0.120. The van der Waals surface area contributed by atoms with Gasteiger partial charge in [0.25, 0.3) is 0 Å². The Kier molecular flexibility index (Phi) is 4.13. The molecular weight excluding hydrogens is 214 g/mol. The molecule has 0 amide bonds. The van der Waals surface area contributed by atoms with Crippen molar-refractivity contribution in [1.29, 1.82) is 0 Å². The zero-order chi connectivity index (χ0) is 12.1. The summed E-state index contributed by atoms with van der Waals surface area (Å²) in [5.74, 6) is 0.441. The standard InChI is InChI=1S/C14H19NO2/c1-11(16)17-14-7-4-5-12(10-14)9-13-6-2-3-8-15-13/h2-3,6,8,12,14H,4-5,7,9-10H2,1H3. The van der Waals surface area contributed by atoms with Crippen molar-refractivity contribution >= 4 is 5.97 Å². The number of esters is 1. The molecule has 1 aliphatic rings. The SMILES string of the molecule is CC(=O)OC1CCCC(Cc2ccccn2)C1. The maximum Gasteiger partial charge on any atom is 0.302 e. The quantitative estimate of drug-likeness (QED) is 0.753. The number of hydrogen-bond acceptors (Lipinski definition) is 3.